The molecule has 0 spiro atoms. The number of thiocarbonyl (C=S) groups is 1. The molecule has 2 fully saturated rings. The molecule has 2 aliphatic heterocycles. The minimum Gasteiger partial charge on any atom is -0.494 e. The van der Waals surface area contributed by atoms with Crippen molar-refractivity contribution >= 4 is 57.9 Å². The number of hydrogen-bond donors (Lipinski definition) is 1. The normalized spacial score (nSPS) is 16.5. The molecule has 1 amide bonds. The molecule has 0 atom stereocenters. The lowest BCUT2D eigenvalue weighted by molar-refractivity contribution is -0.122. The van der Waals surface area contributed by atoms with E-state index >= 15 is 0 Å². The molecular weight excluding hydrogens is 620 g/mol. The van der Waals surface area contributed by atoms with Crippen LogP contribution in [-0.2, 0) is 16.0 Å². The third-order valence-electron chi connectivity index (χ3n) is 7.31. The van der Waals surface area contributed by atoms with Crippen molar-refractivity contribution in [2.45, 2.75) is 13.3 Å². The Bertz CT molecular complexity index is 1560. The number of benzene rings is 3. The summed E-state index contributed by atoms with van der Waals surface area (Å²) in [6.45, 7) is 7.39. The van der Waals surface area contributed by atoms with Crippen molar-refractivity contribution < 1.29 is 28.9 Å². The number of carboxylic acids is 1. The van der Waals surface area contributed by atoms with Gasteiger partial charge in [0.2, 0.25) is 0 Å². The maximum atomic E-state index is 13.3. The Balaban J connectivity index is 1.34. The lowest BCUT2D eigenvalue weighted by Crippen LogP contribution is -2.38. The van der Waals surface area contributed by atoms with Gasteiger partial charge in [-0.3, -0.25) is 14.6 Å². The van der Waals surface area contributed by atoms with Gasteiger partial charge in [0.1, 0.15) is 22.4 Å². The minimum atomic E-state index is -0.973. The number of rotatable bonds is 12. The summed E-state index contributed by atoms with van der Waals surface area (Å²) < 4.78 is 17.8. The Kier molecular flexibility index (Phi) is 10.9. The van der Waals surface area contributed by atoms with Crippen molar-refractivity contribution in [3.8, 4) is 22.6 Å². The van der Waals surface area contributed by atoms with Crippen molar-refractivity contribution in [2.24, 2.45) is 0 Å². The molecule has 0 aliphatic carbocycles. The van der Waals surface area contributed by atoms with Gasteiger partial charge in [0, 0.05) is 37.3 Å². The Morgan fingerprint density at radius 2 is 1.82 bits per heavy atom. The van der Waals surface area contributed by atoms with Gasteiger partial charge in [-0.15, -0.1) is 0 Å². The first-order chi connectivity index (χ1) is 21.3. The summed E-state index contributed by atoms with van der Waals surface area (Å²) in [7, 11) is 0. The molecule has 0 aromatic heterocycles. The van der Waals surface area contributed by atoms with Crippen LogP contribution in [0.4, 0.5) is 0 Å². The van der Waals surface area contributed by atoms with E-state index in [4.69, 9.17) is 43.1 Å². The van der Waals surface area contributed by atoms with Crippen LogP contribution in [-0.4, -0.2) is 83.7 Å². The van der Waals surface area contributed by atoms with E-state index in [0.717, 1.165) is 55.1 Å². The number of halogens is 1. The third kappa shape index (κ3) is 7.99. The molecule has 0 saturated carbocycles. The van der Waals surface area contributed by atoms with Crippen LogP contribution >= 0.6 is 35.6 Å². The highest BCUT2D eigenvalue weighted by molar-refractivity contribution is 8.26. The van der Waals surface area contributed by atoms with Crippen LogP contribution in [0.15, 0.2) is 65.6 Å². The summed E-state index contributed by atoms with van der Waals surface area (Å²) in [4.78, 5) is 28.9. The third-order valence-corrected chi connectivity index (χ3v) is 9.00. The van der Waals surface area contributed by atoms with Gasteiger partial charge in [-0.25, -0.2) is 4.79 Å². The average Bonchev–Trinajstić information content (AvgIpc) is 3.28. The molecule has 2 heterocycles. The summed E-state index contributed by atoms with van der Waals surface area (Å²) in [5, 5.41) is 9.66. The molecule has 230 valence electrons. The SMILES string of the molecule is CCOc1ccc(-c2cc(/C=C3\SC(=S)N(CCc4ccc(C(=O)O)cc4)C3=O)ccc2OCCN2CCOCC2)c(Cl)c1. The standard InChI is InChI=1S/C33H33ClN2O6S2/c1-2-41-25-8-9-26(28(34)21-25)27-19-23(5-10-29(27)42-18-15-35-13-16-40-17-14-35)20-30-31(37)36(33(43)44-30)12-11-22-3-6-24(7-4-22)32(38)39/h3-10,19-21H,2,11-18H2,1H3,(H,38,39)/b30-20-. The lowest BCUT2D eigenvalue weighted by atomic mass is 10.0. The molecule has 3 aromatic rings. The molecule has 0 unspecified atom stereocenters. The second-order valence-electron chi connectivity index (χ2n) is 10.2. The van der Waals surface area contributed by atoms with E-state index in [1.807, 2.05) is 43.3 Å². The quantitative estimate of drug-likeness (QED) is 0.180. The molecule has 3 aromatic carbocycles. The van der Waals surface area contributed by atoms with Gasteiger partial charge in [-0.1, -0.05) is 53.8 Å². The molecule has 11 heteroatoms. The summed E-state index contributed by atoms with van der Waals surface area (Å²) in [6.07, 6.45) is 2.39. The van der Waals surface area contributed by atoms with Crippen molar-refractivity contribution in [3.05, 3.63) is 87.3 Å². The summed E-state index contributed by atoms with van der Waals surface area (Å²) in [6, 6.07) is 18.1. The zero-order valence-corrected chi connectivity index (χ0v) is 26.7. The summed E-state index contributed by atoms with van der Waals surface area (Å²) in [5.74, 6) is 0.254. The van der Waals surface area contributed by atoms with E-state index < -0.39 is 5.97 Å². The number of ether oxygens (including phenoxy) is 3. The second-order valence-corrected chi connectivity index (χ2v) is 12.3. The summed E-state index contributed by atoms with van der Waals surface area (Å²) in [5.41, 5.74) is 3.58. The number of morpholine rings is 1. The number of carbonyl (C=O) groups is 2. The molecular formula is C33H33ClN2O6S2. The van der Waals surface area contributed by atoms with Crippen LogP contribution < -0.4 is 9.47 Å². The van der Waals surface area contributed by atoms with Crippen LogP contribution in [0.2, 0.25) is 5.02 Å². The number of hydrogen-bond acceptors (Lipinski definition) is 8. The number of carboxylic acid groups (broad SMARTS) is 1. The number of aromatic carboxylic acids is 1. The maximum Gasteiger partial charge on any atom is 0.335 e. The average molecular weight is 653 g/mol. The zero-order valence-electron chi connectivity index (χ0n) is 24.3. The lowest BCUT2D eigenvalue weighted by Gasteiger charge is -2.26. The molecule has 5 rings (SSSR count). The number of nitrogens with zero attached hydrogens (tertiary/aromatic N) is 2. The van der Waals surface area contributed by atoms with Gasteiger partial charge >= 0.3 is 5.97 Å². The van der Waals surface area contributed by atoms with E-state index in [9.17, 15) is 9.59 Å². The highest BCUT2D eigenvalue weighted by atomic mass is 35.5. The molecule has 2 aliphatic rings. The smallest absolute Gasteiger partial charge is 0.335 e. The van der Waals surface area contributed by atoms with Crippen LogP contribution in [0.25, 0.3) is 17.2 Å². The van der Waals surface area contributed by atoms with E-state index in [0.29, 0.717) is 51.9 Å². The van der Waals surface area contributed by atoms with Crippen LogP contribution in [0, 0.1) is 0 Å². The molecule has 44 heavy (non-hydrogen) atoms. The Morgan fingerprint density at radius 3 is 2.52 bits per heavy atom. The maximum absolute atomic E-state index is 13.3. The molecule has 1 N–H and O–H groups in total. The van der Waals surface area contributed by atoms with Crippen LogP contribution in [0.1, 0.15) is 28.4 Å². The zero-order chi connectivity index (χ0) is 31.1. The van der Waals surface area contributed by atoms with E-state index in [1.165, 1.54) is 11.8 Å². The first-order valence-corrected chi connectivity index (χ1v) is 16.0. The fourth-order valence-corrected chi connectivity index (χ4v) is 6.53. The molecule has 8 nitrogen and oxygen atoms in total. The van der Waals surface area contributed by atoms with Crippen molar-refractivity contribution in [1.29, 1.82) is 0 Å². The fourth-order valence-electron chi connectivity index (χ4n) is 4.95. The second kappa shape index (κ2) is 15.0. The molecule has 0 radical (unpaired) electrons. The Morgan fingerprint density at radius 1 is 1.05 bits per heavy atom. The van der Waals surface area contributed by atoms with Gasteiger partial charge in [-0.2, -0.15) is 0 Å². The highest BCUT2D eigenvalue weighted by Gasteiger charge is 2.31. The van der Waals surface area contributed by atoms with E-state index in [1.54, 1.807) is 35.2 Å². The first-order valence-electron chi connectivity index (χ1n) is 14.4. The summed E-state index contributed by atoms with van der Waals surface area (Å²) >= 11 is 13.5. The van der Waals surface area contributed by atoms with Gasteiger partial charge in [0.25, 0.3) is 5.91 Å². The number of carbonyl (C=O) groups excluding carboxylic acids is 1. The van der Waals surface area contributed by atoms with Crippen molar-refractivity contribution in [3.63, 3.8) is 0 Å². The Hall–Kier alpha value is -3.41. The van der Waals surface area contributed by atoms with Crippen molar-refractivity contribution in [2.75, 3.05) is 52.6 Å². The van der Waals surface area contributed by atoms with Gasteiger partial charge < -0.3 is 19.3 Å². The fraction of sp³-hybridized carbons (Fsp3) is 0.303. The molecule has 2 saturated heterocycles. The van der Waals surface area contributed by atoms with E-state index in [2.05, 4.69) is 4.90 Å². The largest absolute Gasteiger partial charge is 0.494 e. The predicted molar refractivity (Wildman–Crippen MR) is 178 cm³/mol. The van der Waals surface area contributed by atoms with Gasteiger partial charge in [0.05, 0.1) is 35.3 Å². The number of amides is 1. The van der Waals surface area contributed by atoms with Crippen LogP contribution in [0.5, 0.6) is 11.5 Å². The molecule has 0 bridgehead atoms. The monoisotopic (exact) mass is 652 g/mol. The number of thioether (sulfide) groups is 1. The van der Waals surface area contributed by atoms with Gasteiger partial charge in [0.15, 0.2) is 0 Å². The van der Waals surface area contributed by atoms with Gasteiger partial charge in [-0.05, 0) is 73.0 Å². The van der Waals surface area contributed by atoms with Crippen LogP contribution in [0.3, 0.4) is 0 Å². The minimum absolute atomic E-state index is 0.159. The topological polar surface area (TPSA) is 88.5 Å². The van der Waals surface area contributed by atoms with E-state index in [-0.39, 0.29) is 11.5 Å². The highest BCUT2D eigenvalue weighted by Crippen LogP contribution is 2.39. The first kappa shape index (κ1) is 32.0. The Labute approximate surface area is 271 Å². The predicted octanol–water partition coefficient (Wildman–Crippen LogP) is 6.26. The van der Waals surface area contributed by atoms with Crippen molar-refractivity contribution in [1.82, 2.24) is 9.80 Å².